The fourth-order valence-electron chi connectivity index (χ4n) is 1.09. The molecule has 1 unspecified atom stereocenters. The SMILES string of the molecule is CC(N)C(=O)c1ccc(C(F)(F)F)cc1. The average Bonchev–Trinajstić information content (AvgIpc) is 2.15. The van der Waals surface area contributed by atoms with Crippen molar-refractivity contribution in [2.24, 2.45) is 5.73 Å². The van der Waals surface area contributed by atoms with Crippen LogP contribution in [0.4, 0.5) is 13.2 Å². The number of alkyl halides is 3. The third-order valence-electron chi connectivity index (χ3n) is 1.91. The molecule has 0 heterocycles. The van der Waals surface area contributed by atoms with E-state index in [1.807, 2.05) is 0 Å². The van der Waals surface area contributed by atoms with Gasteiger partial charge in [-0.15, -0.1) is 0 Å². The zero-order valence-electron chi connectivity index (χ0n) is 8.01. The Balaban J connectivity index is 2.96. The summed E-state index contributed by atoms with van der Waals surface area (Å²) in [6, 6.07) is 3.30. The van der Waals surface area contributed by atoms with Gasteiger partial charge in [-0.1, -0.05) is 12.1 Å². The predicted molar refractivity (Wildman–Crippen MR) is 49.4 cm³/mol. The van der Waals surface area contributed by atoms with E-state index >= 15 is 0 Å². The van der Waals surface area contributed by atoms with Crippen LogP contribution in [0.25, 0.3) is 0 Å². The largest absolute Gasteiger partial charge is 0.416 e. The summed E-state index contributed by atoms with van der Waals surface area (Å²) in [5.74, 6) is -0.372. The van der Waals surface area contributed by atoms with E-state index in [0.29, 0.717) is 0 Å². The number of hydrogen-bond acceptors (Lipinski definition) is 2. The Labute approximate surface area is 84.9 Å². The Morgan fingerprint density at radius 3 is 2.07 bits per heavy atom. The third-order valence-corrected chi connectivity index (χ3v) is 1.91. The molecule has 1 aromatic rings. The molecular weight excluding hydrogens is 207 g/mol. The predicted octanol–water partition coefficient (Wildman–Crippen LogP) is 2.24. The maximum Gasteiger partial charge on any atom is 0.416 e. The summed E-state index contributed by atoms with van der Waals surface area (Å²) in [5, 5.41) is 0. The maximum absolute atomic E-state index is 12.2. The molecule has 2 nitrogen and oxygen atoms in total. The molecule has 0 spiro atoms. The lowest BCUT2D eigenvalue weighted by molar-refractivity contribution is -0.137. The van der Waals surface area contributed by atoms with Crippen LogP contribution in [0.1, 0.15) is 22.8 Å². The molecule has 0 aliphatic carbocycles. The summed E-state index contributed by atoms with van der Waals surface area (Å²) in [6.45, 7) is 1.49. The van der Waals surface area contributed by atoms with Crippen LogP contribution in [0.15, 0.2) is 24.3 Å². The molecule has 2 N–H and O–H groups in total. The summed E-state index contributed by atoms with van der Waals surface area (Å²) in [7, 11) is 0. The van der Waals surface area contributed by atoms with E-state index in [1.54, 1.807) is 0 Å². The van der Waals surface area contributed by atoms with Crippen LogP contribution in [0, 0.1) is 0 Å². The van der Waals surface area contributed by atoms with Crippen molar-refractivity contribution < 1.29 is 18.0 Å². The van der Waals surface area contributed by atoms with E-state index < -0.39 is 17.8 Å². The highest BCUT2D eigenvalue weighted by Gasteiger charge is 2.30. The monoisotopic (exact) mass is 217 g/mol. The van der Waals surface area contributed by atoms with Crippen molar-refractivity contribution in [3.05, 3.63) is 35.4 Å². The number of Topliss-reactive ketones (excluding diaryl/α,β-unsaturated/α-hetero) is 1. The molecule has 15 heavy (non-hydrogen) atoms. The van der Waals surface area contributed by atoms with Crippen LogP contribution in [0.3, 0.4) is 0 Å². The number of carbonyl (C=O) groups is 1. The Morgan fingerprint density at radius 2 is 1.73 bits per heavy atom. The molecule has 82 valence electrons. The van der Waals surface area contributed by atoms with Crippen LogP contribution in [0.2, 0.25) is 0 Å². The standard InChI is InChI=1S/C10H10F3NO/c1-6(14)9(15)7-2-4-8(5-3-7)10(11,12)13/h2-6H,14H2,1H3. The van der Waals surface area contributed by atoms with Crippen molar-refractivity contribution in [3.63, 3.8) is 0 Å². The first kappa shape index (κ1) is 11.7. The topological polar surface area (TPSA) is 43.1 Å². The molecular formula is C10H10F3NO. The number of rotatable bonds is 2. The Kier molecular flexibility index (Phi) is 3.14. The normalized spacial score (nSPS) is 13.7. The van der Waals surface area contributed by atoms with E-state index in [1.165, 1.54) is 6.92 Å². The lowest BCUT2D eigenvalue weighted by atomic mass is 10.0. The lowest BCUT2D eigenvalue weighted by Crippen LogP contribution is -2.26. The van der Waals surface area contributed by atoms with Crippen molar-refractivity contribution in [1.29, 1.82) is 0 Å². The number of nitrogens with two attached hydrogens (primary N) is 1. The highest BCUT2D eigenvalue weighted by atomic mass is 19.4. The molecule has 0 aliphatic heterocycles. The molecule has 1 rings (SSSR count). The van der Waals surface area contributed by atoms with Gasteiger partial charge in [-0.05, 0) is 19.1 Å². The van der Waals surface area contributed by atoms with Gasteiger partial charge in [-0.3, -0.25) is 4.79 Å². The molecule has 1 atom stereocenters. The summed E-state index contributed by atoms with van der Waals surface area (Å²) >= 11 is 0. The van der Waals surface area contributed by atoms with Crippen molar-refractivity contribution in [3.8, 4) is 0 Å². The van der Waals surface area contributed by atoms with Gasteiger partial charge in [0.1, 0.15) is 0 Å². The van der Waals surface area contributed by atoms with Gasteiger partial charge in [0.2, 0.25) is 0 Å². The smallest absolute Gasteiger partial charge is 0.321 e. The van der Waals surface area contributed by atoms with Gasteiger partial charge in [-0.25, -0.2) is 0 Å². The summed E-state index contributed by atoms with van der Waals surface area (Å²) < 4.78 is 36.5. The first-order valence-electron chi connectivity index (χ1n) is 4.29. The number of hydrogen-bond donors (Lipinski definition) is 1. The van der Waals surface area contributed by atoms with Gasteiger partial charge in [0, 0.05) is 5.56 Å². The van der Waals surface area contributed by atoms with E-state index in [9.17, 15) is 18.0 Å². The van der Waals surface area contributed by atoms with Gasteiger partial charge in [0.15, 0.2) is 5.78 Å². The zero-order valence-corrected chi connectivity index (χ0v) is 8.01. The highest BCUT2D eigenvalue weighted by molar-refractivity contribution is 5.99. The van der Waals surface area contributed by atoms with Crippen molar-refractivity contribution in [1.82, 2.24) is 0 Å². The Morgan fingerprint density at radius 1 is 1.27 bits per heavy atom. The van der Waals surface area contributed by atoms with Gasteiger partial charge >= 0.3 is 6.18 Å². The third kappa shape index (κ3) is 2.79. The molecule has 0 bridgehead atoms. The van der Waals surface area contributed by atoms with Crippen molar-refractivity contribution in [2.75, 3.05) is 0 Å². The van der Waals surface area contributed by atoms with Gasteiger partial charge in [0.05, 0.1) is 11.6 Å². The quantitative estimate of drug-likeness (QED) is 0.772. The van der Waals surface area contributed by atoms with Gasteiger partial charge < -0.3 is 5.73 Å². The second-order valence-electron chi connectivity index (χ2n) is 3.23. The zero-order chi connectivity index (χ0) is 11.6. The summed E-state index contributed by atoms with van der Waals surface area (Å²) in [4.78, 5) is 11.3. The second-order valence-corrected chi connectivity index (χ2v) is 3.23. The molecule has 0 saturated carbocycles. The van der Waals surface area contributed by atoms with Crippen LogP contribution in [-0.4, -0.2) is 11.8 Å². The van der Waals surface area contributed by atoms with Crippen LogP contribution >= 0.6 is 0 Å². The second kappa shape index (κ2) is 4.02. The average molecular weight is 217 g/mol. The summed E-state index contributed by atoms with van der Waals surface area (Å²) in [6.07, 6.45) is -4.38. The molecule has 5 heteroatoms. The molecule has 0 radical (unpaired) electrons. The van der Waals surface area contributed by atoms with Crippen molar-refractivity contribution >= 4 is 5.78 Å². The van der Waals surface area contributed by atoms with Crippen LogP contribution in [0.5, 0.6) is 0 Å². The van der Waals surface area contributed by atoms with E-state index in [-0.39, 0.29) is 11.3 Å². The molecule has 0 aliphatic rings. The number of carbonyl (C=O) groups excluding carboxylic acids is 1. The number of benzene rings is 1. The molecule has 0 fully saturated rings. The number of ketones is 1. The summed E-state index contributed by atoms with van der Waals surface area (Å²) in [5.41, 5.74) is 4.74. The van der Waals surface area contributed by atoms with E-state index in [4.69, 9.17) is 5.73 Å². The van der Waals surface area contributed by atoms with Crippen LogP contribution < -0.4 is 5.73 Å². The highest BCUT2D eigenvalue weighted by Crippen LogP contribution is 2.29. The van der Waals surface area contributed by atoms with E-state index in [0.717, 1.165) is 24.3 Å². The van der Waals surface area contributed by atoms with Gasteiger partial charge in [0.25, 0.3) is 0 Å². The van der Waals surface area contributed by atoms with Gasteiger partial charge in [-0.2, -0.15) is 13.2 Å². The minimum absolute atomic E-state index is 0.193. The Hall–Kier alpha value is -1.36. The fourth-order valence-corrected chi connectivity index (χ4v) is 1.09. The first-order valence-corrected chi connectivity index (χ1v) is 4.29. The molecule has 1 aromatic carbocycles. The molecule has 0 aromatic heterocycles. The van der Waals surface area contributed by atoms with E-state index in [2.05, 4.69) is 0 Å². The first-order chi connectivity index (χ1) is 6.82. The van der Waals surface area contributed by atoms with Crippen LogP contribution in [-0.2, 0) is 6.18 Å². The minimum Gasteiger partial charge on any atom is -0.321 e. The van der Waals surface area contributed by atoms with Crippen molar-refractivity contribution in [2.45, 2.75) is 19.1 Å². The maximum atomic E-state index is 12.2. The number of halogens is 3. The fraction of sp³-hybridized carbons (Fsp3) is 0.300. The lowest BCUT2D eigenvalue weighted by Gasteiger charge is -2.08. The minimum atomic E-state index is -4.38. The molecule has 0 amide bonds. The molecule has 0 saturated heterocycles. The Bertz CT molecular complexity index is 354.